The largest absolute Gasteiger partial charge is 0.494 e. The Balaban J connectivity index is 1.97. The van der Waals surface area contributed by atoms with E-state index in [0.29, 0.717) is 30.0 Å². The molecule has 4 rings (SSSR count). The van der Waals surface area contributed by atoms with Crippen LogP contribution in [0.3, 0.4) is 0 Å². The van der Waals surface area contributed by atoms with Gasteiger partial charge in [-0.2, -0.15) is 5.10 Å². The molecule has 1 aliphatic heterocycles. The molecule has 1 aromatic carbocycles. The third kappa shape index (κ3) is 3.48. The van der Waals surface area contributed by atoms with Crippen LogP contribution in [0.2, 0.25) is 0 Å². The standard InChI is InChI=1S/C23H28N4O2/c1-5-29-20-11-9-18(10-12-20)23-22(26-15(2)7-6-8-16(26)3)17(4)24-21-13-19(14-28)25-27(21)23/h9-16H,5-8H2,1-4H3. The van der Waals surface area contributed by atoms with Crippen LogP contribution >= 0.6 is 0 Å². The van der Waals surface area contributed by atoms with Gasteiger partial charge in [-0.1, -0.05) is 0 Å². The van der Waals surface area contributed by atoms with E-state index in [9.17, 15) is 4.79 Å². The molecule has 0 aliphatic carbocycles. The number of piperidine rings is 1. The van der Waals surface area contributed by atoms with E-state index in [-0.39, 0.29) is 0 Å². The Kier molecular flexibility index (Phi) is 5.26. The molecule has 3 heterocycles. The van der Waals surface area contributed by atoms with E-state index < -0.39 is 0 Å². The van der Waals surface area contributed by atoms with Crippen LogP contribution in [-0.2, 0) is 0 Å². The maximum absolute atomic E-state index is 11.4. The molecular weight excluding hydrogens is 364 g/mol. The fourth-order valence-electron chi connectivity index (χ4n) is 4.49. The summed E-state index contributed by atoms with van der Waals surface area (Å²) in [5.41, 5.74) is 5.14. The molecule has 0 radical (unpaired) electrons. The van der Waals surface area contributed by atoms with Crippen LogP contribution in [0.5, 0.6) is 5.75 Å². The Hall–Kier alpha value is -2.89. The monoisotopic (exact) mass is 392 g/mol. The summed E-state index contributed by atoms with van der Waals surface area (Å²) in [7, 11) is 0. The third-order valence-electron chi connectivity index (χ3n) is 5.78. The average molecular weight is 393 g/mol. The number of nitrogens with zero attached hydrogens (tertiary/aromatic N) is 4. The lowest BCUT2D eigenvalue weighted by Crippen LogP contribution is -2.44. The fourth-order valence-corrected chi connectivity index (χ4v) is 4.49. The number of carbonyl (C=O) groups is 1. The first-order valence-corrected chi connectivity index (χ1v) is 10.4. The lowest BCUT2D eigenvalue weighted by molar-refractivity contribution is 0.111. The van der Waals surface area contributed by atoms with Crippen LogP contribution in [0, 0.1) is 6.92 Å². The molecule has 0 bridgehead atoms. The zero-order valence-electron chi connectivity index (χ0n) is 17.6. The van der Waals surface area contributed by atoms with Gasteiger partial charge in [-0.25, -0.2) is 9.50 Å². The second-order valence-corrected chi connectivity index (χ2v) is 7.85. The number of ether oxygens (including phenoxy) is 1. The Morgan fingerprint density at radius 1 is 1.17 bits per heavy atom. The predicted molar refractivity (Wildman–Crippen MR) is 115 cm³/mol. The smallest absolute Gasteiger partial charge is 0.170 e. The van der Waals surface area contributed by atoms with Crippen molar-refractivity contribution < 1.29 is 9.53 Å². The van der Waals surface area contributed by atoms with Crippen molar-refractivity contribution in [1.82, 2.24) is 14.6 Å². The molecule has 29 heavy (non-hydrogen) atoms. The van der Waals surface area contributed by atoms with Crippen molar-refractivity contribution in [2.45, 2.75) is 59.0 Å². The molecule has 1 saturated heterocycles. The van der Waals surface area contributed by atoms with Crippen LogP contribution in [0.4, 0.5) is 5.69 Å². The molecule has 0 N–H and O–H groups in total. The van der Waals surface area contributed by atoms with Gasteiger partial charge in [-0.05, 0) is 71.2 Å². The van der Waals surface area contributed by atoms with Crippen LogP contribution in [0.25, 0.3) is 16.9 Å². The lowest BCUT2D eigenvalue weighted by atomic mass is 9.95. The molecule has 152 valence electrons. The van der Waals surface area contributed by atoms with Crippen molar-refractivity contribution in [3.05, 3.63) is 41.7 Å². The van der Waals surface area contributed by atoms with Gasteiger partial charge in [0.2, 0.25) is 0 Å². The topological polar surface area (TPSA) is 59.7 Å². The minimum atomic E-state index is 0.390. The van der Waals surface area contributed by atoms with Gasteiger partial charge in [0, 0.05) is 23.7 Å². The van der Waals surface area contributed by atoms with Gasteiger partial charge in [0.05, 0.1) is 23.7 Å². The number of rotatable bonds is 5. The number of anilines is 1. The number of carbonyl (C=O) groups excluding carboxylic acids is 1. The molecular formula is C23H28N4O2. The van der Waals surface area contributed by atoms with Crippen molar-refractivity contribution in [2.24, 2.45) is 0 Å². The predicted octanol–water partition coefficient (Wildman–Crippen LogP) is 4.68. The molecule has 0 saturated carbocycles. The van der Waals surface area contributed by atoms with Gasteiger partial charge < -0.3 is 9.64 Å². The van der Waals surface area contributed by atoms with Gasteiger partial charge in [-0.15, -0.1) is 0 Å². The highest BCUT2D eigenvalue weighted by atomic mass is 16.5. The first-order chi connectivity index (χ1) is 14.0. The third-order valence-corrected chi connectivity index (χ3v) is 5.78. The van der Waals surface area contributed by atoms with E-state index in [1.54, 1.807) is 6.07 Å². The molecule has 1 fully saturated rings. The average Bonchev–Trinajstić information content (AvgIpc) is 3.11. The fraction of sp³-hybridized carbons (Fsp3) is 0.435. The molecule has 0 spiro atoms. The highest BCUT2D eigenvalue weighted by molar-refractivity contribution is 5.82. The van der Waals surface area contributed by atoms with E-state index in [4.69, 9.17) is 9.72 Å². The molecule has 3 aromatic rings. The molecule has 1 aliphatic rings. The van der Waals surface area contributed by atoms with E-state index in [0.717, 1.165) is 47.5 Å². The van der Waals surface area contributed by atoms with E-state index >= 15 is 0 Å². The summed E-state index contributed by atoms with van der Waals surface area (Å²) in [6.45, 7) is 9.22. The highest BCUT2D eigenvalue weighted by Crippen LogP contribution is 2.39. The van der Waals surface area contributed by atoms with Crippen LogP contribution in [0.1, 0.15) is 56.2 Å². The maximum Gasteiger partial charge on any atom is 0.170 e. The maximum atomic E-state index is 11.4. The Morgan fingerprint density at radius 3 is 2.48 bits per heavy atom. The lowest BCUT2D eigenvalue weighted by Gasteiger charge is -2.42. The second-order valence-electron chi connectivity index (χ2n) is 7.85. The van der Waals surface area contributed by atoms with E-state index in [1.807, 2.05) is 23.6 Å². The Bertz CT molecular complexity index is 1020. The second kappa shape index (κ2) is 7.85. The summed E-state index contributed by atoms with van der Waals surface area (Å²) in [6.07, 6.45) is 4.33. The van der Waals surface area contributed by atoms with Gasteiger partial charge >= 0.3 is 0 Å². The van der Waals surface area contributed by atoms with Gasteiger partial charge in [0.1, 0.15) is 11.4 Å². The number of benzene rings is 1. The van der Waals surface area contributed by atoms with Crippen LogP contribution in [0.15, 0.2) is 30.3 Å². The van der Waals surface area contributed by atoms with Crippen molar-refractivity contribution in [2.75, 3.05) is 11.5 Å². The first-order valence-electron chi connectivity index (χ1n) is 10.4. The molecule has 6 nitrogen and oxygen atoms in total. The van der Waals surface area contributed by atoms with Crippen molar-refractivity contribution >= 4 is 17.6 Å². The molecule has 2 unspecified atom stereocenters. The van der Waals surface area contributed by atoms with Crippen molar-refractivity contribution in [3.63, 3.8) is 0 Å². The molecule has 2 aromatic heterocycles. The summed E-state index contributed by atoms with van der Waals surface area (Å²) in [5.74, 6) is 0.841. The number of fused-ring (bicyclic) bond motifs is 1. The summed E-state index contributed by atoms with van der Waals surface area (Å²) >= 11 is 0. The number of aromatic nitrogens is 3. The van der Waals surface area contributed by atoms with Gasteiger partial charge in [-0.3, -0.25) is 4.79 Å². The van der Waals surface area contributed by atoms with Crippen molar-refractivity contribution in [3.8, 4) is 17.0 Å². The SMILES string of the molecule is CCOc1ccc(-c2c(N3C(C)CCCC3C)c(C)nc3cc(C=O)nn23)cc1. The van der Waals surface area contributed by atoms with E-state index in [2.05, 4.69) is 42.9 Å². The van der Waals surface area contributed by atoms with Crippen LogP contribution in [-0.4, -0.2) is 39.6 Å². The van der Waals surface area contributed by atoms with Crippen molar-refractivity contribution in [1.29, 1.82) is 0 Å². The van der Waals surface area contributed by atoms with Crippen LogP contribution < -0.4 is 9.64 Å². The minimum Gasteiger partial charge on any atom is -0.494 e. The quantitative estimate of drug-likeness (QED) is 0.590. The molecule has 6 heteroatoms. The highest BCUT2D eigenvalue weighted by Gasteiger charge is 2.30. The van der Waals surface area contributed by atoms with Gasteiger partial charge in [0.25, 0.3) is 0 Å². The number of hydrogen-bond donors (Lipinski definition) is 0. The Labute approximate surface area is 171 Å². The zero-order valence-corrected chi connectivity index (χ0v) is 17.6. The van der Waals surface area contributed by atoms with E-state index in [1.165, 1.54) is 6.42 Å². The normalized spacial score (nSPS) is 19.5. The number of aryl methyl sites for hydroxylation is 1. The molecule has 2 atom stereocenters. The number of aldehydes is 1. The zero-order chi connectivity index (χ0) is 20.5. The summed E-state index contributed by atoms with van der Waals surface area (Å²) in [5, 5.41) is 4.54. The molecule has 0 amide bonds. The number of hydrogen-bond acceptors (Lipinski definition) is 5. The minimum absolute atomic E-state index is 0.390. The summed E-state index contributed by atoms with van der Waals surface area (Å²) < 4.78 is 7.43. The Morgan fingerprint density at radius 2 is 1.86 bits per heavy atom. The van der Waals surface area contributed by atoms with Gasteiger partial charge in [0.15, 0.2) is 11.9 Å². The summed E-state index contributed by atoms with van der Waals surface area (Å²) in [6, 6.07) is 10.7. The first kappa shape index (κ1) is 19.4. The summed E-state index contributed by atoms with van der Waals surface area (Å²) in [4.78, 5) is 18.7.